The molecule has 0 bridgehead atoms. The van der Waals surface area contributed by atoms with Gasteiger partial charge in [-0.15, -0.1) is 0 Å². The summed E-state index contributed by atoms with van der Waals surface area (Å²) in [6.07, 6.45) is 0. The molecule has 3 rings (SSSR count). The van der Waals surface area contributed by atoms with Crippen molar-refractivity contribution in [3.8, 4) is 11.8 Å². The molecule has 25 heavy (non-hydrogen) atoms. The molecule has 5 heteroatoms. The zero-order valence-electron chi connectivity index (χ0n) is 13.7. The van der Waals surface area contributed by atoms with Crippen LogP contribution >= 0.6 is 0 Å². The lowest BCUT2D eigenvalue weighted by Crippen LogP contribution is -2.53. The van der Waals surface area contributed by atoms with Gasteiger partial charge < -0.3 is 9.80 Å². The highest BCUT2D eigenvalue weighted by atomic mass is 19.3. The first kappa shape index (κ1) is 17.0. The van der Waals surface area contributed by atoms with Crippen molar-refractivity contribution in [3.05, 3.63) is 66.2 Å². The van der Waals surface area contributed by atoms with Crippen LogP contribution in [0.25, 0.3) is 0 Å². The number of alkyl halides is 2. The molecule has 0 unspecified atom stereocenters. The van der Waals surface area contributed by atoms with Gasteiger partial charge in [-0.1, -0.05) is 42.3 Å². The van der Waals surface area contributed by atoms with E-state index in [0.717, 1.165) is 5.69 Å². The highest BCUT2D eigenvalue weighted by Gasteiger charge is 2.41. The summed E-state index contributed by atoms with van der Waals surface area (Å²) in [6.45, 7) is 1.57. The molecular weight excluding hydrogens is 322 g/mol. The first-order valence-electron chi connectivity index (χ1n) is 8.12. The molecule has 0 aromatic heterocycles. The van der Waals surface area contributed by atoms with Crippen molar-refractivity contribution in [3.63, 3.8) is 0 Å². The van der Waals surface area contributed by atoms with Gasteiger partial charge in [0.25, 0.3) is 0 Å². The molecule has 0 spiro atoms. The van der Waals surface area contributed by atoms with Gasteiger partial charge >= 0.3 is 11.8 Å². The molecule has 128 valence electrons. The lowest BCUT2D eigenvalue weighted by Gasteiger charge is -2.36. The van der Waals surface area contributed by atoms with E-state index in [4.69, 9.17) is 0 Å². The van der Waals surface area contributed by atoms with Crippen molar-refractivity contribution in [1.29, 1.82) is 0 Å². The number of rotatable bonds is 2. The number of amides is 1. The number of carbonyl (C=O) groups is 1. The topological polar surface area (TPSA) is 23.6 Å². The average molecular weight is 340 g/mol. The summed E-state index contributed by atoms with van der Waals surface area (Å²) in [5, 5.41) is 0. The van der Waals surface area contributed by atoms with Crippen LogP contribution in [-0.2, 0) is 4.79 Å². The molecule has 0 N–H and O–H groups in total. The predicted octanol–water partition coefficient (Wildman–Crippen LogP) is 3.02. The predicted molar refractivity (Wildman–Crippen MR) is 93.5 cm³/mol. The zero-order chi connectivity index (χ0) is 17.7. The van der Waals surface area contributed by atoms with Crippen LogP contribution in [0.2, 0.25) is 0 Å². The van der Waals surface area contributed by atoms with Crippen LogP contribution in [0.15, 0.2) is 60.7 Å². The van der Waals surface area contributed by atoms with Crippen molar-refractivity contribution in [2.24, 2.45) is 0 Å². The number of anilines is 1. The minimum atomic E-state index is -3.68. The SMILES string of the molecule is O=C(N1CCN(c2ccccc2)CC1)C(F)(F)C#Cc1ccccc1. The van der Waals surface area contributed by atoms with E-state index < -0.39 is 11.8 Å². The number of nitrogens with zero attached hydrogens (tertiary/aromatic N) is 2. The second-order valence-electron chi connectivity index (χ2n) is 5.81. The maximum Gasteiger partial charge on any atom is 0.385 e. The summed E-state index contributed by atoms with van der Waals surface area (Å²) in [6, 6.07) is 18.2. The molecule has 1 saturated heterocycles. The standard InChI is InChI=1S/C20H18F2N2O/c21-20(22,12-11-17-7-3-1-4-8-17)19(25)24-15-13-23(14-16-24)18-9-5-2-6-10-18/h1-10H,13-16H2. The van der Waals surface area contributed by atoms with Gasteiger partial charge in [0.2, 0.25) is 0 Å². The Morgan fingerprint density at radius 2 is 1.44 bits per heavy atom. The minimum absolute atomic E-state index is 0.260. The number of carbonyl (C=O) groups excluding carboxylic acids is 1. The average Bonchev–Trinajstić information content (AvgIpc) is 2.67. The fourth-order valence-corrected chi connectivity index (χ4v) is 2.73. The van der Waals surface area contributed by atoms with E-state index in [1.165, 1.54) is 4.90 Å². The summed E-state index contributed by atoms with van der Waals surface area (Å²) in [5.74, 6) is -0.686. The molecular formula is C20H18F2N2O. The van der Waals surface area contributed by atoms with Crippen molar-refractivity contribution in [2.75, 3.05) is 31.1 Å². The number of piperazine rings is 1. The smallest absolute Gasteiger partial charge is 0.368 e. The van der Waals surface area contributed by atoms with E-state index in [2.05, 4.69) is 10.8 Å². The number of benzene rings is 2. The first-order valence-corrected chi connectivity index (χ1v) is 8.12. The highest BCUT2D eigenvalue weighted by molar-refractivity contribution is 5.87. The lowest BCUT2D eigenvalue weighted by molar-refractivity contribution is -0.150. The zero-order valence-corrected chi connectivity index (χ0v) is 13.7. The fraction of sp³-hybridized carbons (Fsp3) is 0.250. The van der Waals surface area contributed by atoms with Crippen LogP contribution in [0, 0.1) is 11.8 Å². The largest absolute Gasteiger partial charge is 0.385 e. The Morgan fingerprint density at radius 1 is 0.880 bits per heavy atom. The number of halogens is 2. The first-order chi connectivity index (χ1) is 12.1. The van der Waals surface area contributed by atoms with Gasteiger partial charge in [-0.05, 0) is 30.2 Å². The van der Waals surface area contributed by atoms with Crippen LogP contribution in [0.4, 0.5) is 14.5 Å². The Bertz CT molecular complexity index is 774. The van der Waals surface area contributed by atoms with Crippen LogP contribution < -0.4 is 4.90 Å². The monoisotopic (exact) mass is 340 g/mol. The van der Waals surface area contributed by atoms with Gasteiger partial charge in [-0.25, -0.2) is 0 Å². The summed E-state index contributed by atoms with van der Waals surface area (Å²) >= 11 is 0. The third kappa shape index (κ3) is 4.16. The molecule has 0 atom stereocenters. The van der Waals surface area contributed by atoms with Gasteiger partial charge in [0.05, 0.1) is 0 Å². The van der Waals surface area contributed by atoms with Gasteiger partial charge in [-0.2, -0.15) is 8.78 Å². The molecule has 2 aromatic rings. The van der Waals surface area contributed by atoms with Crippen LogP contribution in [0.1, 0.15) is 5.56 Å². The van der Waals surface area contributed by atoms with E-state index in [1.54, 1.807) is 30.3 Å². The van der Waals surface area contributed by atoms with E-state index in [-0.39, 0.29) is 13.1 Å². The number of para-hydroxylation sites is 1. The van der Waals surface area contributed by atoms with Gasteiger partial charge in [0, 0.05) is 37.4 Å². The van der Waals surface area contributed by atoms with Crippen molar-refractivity contribution in [1.82, 2.24) is 4.90 Å². The molecule has 1 heterocycles. The molecule has 0 aliphatic carbocycles. The lowest BCUT2D eigenvalue weighted by atomic mass is 10.2. The molecule has 1 aliphatic heterocycles. The normalized spacial score (nSPS) is 14.6. The number of hydrogen-bond donors (Lipinski definition) is 0. The Labute approximate surface area is 145 Å². The second-order valence-corrected chi connectivity index (χ2v) is 5.81. The Kier molecular flexibility index (Phi) is 4.99. The summed E-state index contributed by atoms with van der Waals surface area (Å²) in [7, 11) is 0. The van der Waals surface area contributed by atoms with E-state index in [1.807, 2.05) is 36.3 Å². The molecule has 1 amide bonds. The molecule has 1 fully saturated rings. The minimum Gasteiger partial charge on any atom is -0.368 e. The van der Waals surface area contributed by atoms with Crippen molar-refractivity contribution >= 4 is 11.6 Å². The third-order valence-electron chi connectivity index (χ3n) is 4.09. The van der Waals surface area contributed by atoms with E-state index >= 15 is 0 Å². The molecule has 2 aromatic carbocycles. The second kappa shape index (κ2) is 7.35. The molecule has 0 saturated carbocycles. The van der Waals surface area contributed by atoms with Crippen LogP contribution in [-0.4, -0.2) is 42.9 Å². The van der Waals surface area contributed by atoms with E-state index in [9.17, 15) is 13.6 Å². The molecule has 0 radical (unpaired) electrons. The Hall–Kier alpha value is -2.87. The Balaban J connectivity index is 1.63. The quantitative estimate of drug-likeness (QED) is 0.785. The van der Waals surface area contributed by atoms with Crippen molar-refractivity contribution in [2.45, 2.75) is 5.92 Å². The Morgan fingerprint density at radius 3 is 2.04 bits per heavy atom. The van der Waals surface area contributed by atoms with E-state index in [0.29, 0.717) is 18.7 Å². The number of hydrogen-bond acceptors (Lipinski definition) is 2. The van der Waals surface area contributed by atoms with Crippen molar-refractivity contribution < 1.29 is 13.6 Å². The maximum atomic E-state index is 14.1. The van der Waals surface area contributed by atoms with Crippen LogP contribution in [0.5, 0.6) is 0 Å². The maximum absolute atomic E-state index is 14.1. The molecule has 3 nitrogen and oxygen atoms in total. The highest BCUT2D eigenvalue weighted by Crippen LogP contribution is 2.20. The molecule has 1 aliphatic rings. The van der Waals surface area contributed by atoms with Gasteiger partial charge in [-0.3, -0.25) is 4.79 Å². The van der Waals surface area contributed by atoms with Crippen LogP contribution in [0.3, 0.4) is 0 Å². The summed E-state index contributed by atoms with van der Waals surface area (Å²) in [5.41, 5.74) is 1.49. The van der Waals surface area contributed by atoms with Gasteiger partial charge in [0.15, 0.2) is 0 Å². The fourth-order valence-electron chi connectivity index (χ4n) is 2.73. The van der Waals surface area contributed by atoms with Gasteiger partial charge in [0.1, 0.15) is 0 Å². The third-order valence-corrected chi connectivity index (χ3v) is 4.09. The summed E-state index contributed by atoms with van der Waals surface area (Å²) < 4.78 is 28.3. The summed E-state index contributed by atoms with van der Waals surface area (Å²) in [4.78, 5) is 15.4.